The van der Waals surface area contributed by atoms with Crippen molar-refractivity contribution in [1.82, 2.24) is 0 Å². The summed E-state index contributed by atoms with van der Waals surface area (Å²) < 4.78 is 31.2. The van der Waals surface area contributed by atoms with Gasteiger partial charge >= 0.3 is 17.9 Å². The third-order valence-corrected chi connectivity index (χ3v) is 8.90. The number of carbonyl (C=O) groups is 3. The molecule has 2 bridgehead atoms. The average Bonchev–Trinajstić information content (AvgIpc) is 3.13. The highest BCUT2D eigenvalue weighted by Gasteiger charge is 2.65. The summed E-state index contributed by atoms with van der Waals surface area (Å²) in [6, 6.07) is 0. The molecule has 0 aromatic heterocycles. The molecular weight excluding hydrogens is 464 g/mol. The van der Waals surface area contributed by atoms with Gasteiger partial charge in [0.05, 0.1) is 18.8 Å². The van der Waals surface area contributed by atoms with Gasteiger partial charge in [-0.3, -0.25) is 14.4 Å². The summed E-state index contributed by atoms with van der Waals surface area (Å²) in [5.74, 6) is -0.286. The van der Waals surface area contributed by atoms with Gasteiger partial charge < -0.3 is 23.7 Å². The topological polar surface area (TPSA) is 97.4 Å². The molecule has 11 atom stereocenters. The van der Waals surface area contributed by atoms with Gasteiger partial charge in [-0.1, -0.05) is 27.4 Å². The first kappa shape index (κ1) is 27.1. The average molecular weight is 507 g/mol. The SMILES string of the molecule is C=C1C[C@@H]2O[C@H]3[C@H]4[C@@H](C[C@@H](C)[C@@H](OC(=O)CCC)[C@H]42)[C@@H](C)CO[C@@]3(C)[C@H](OC(C)=O)C[C@H]1OC(C)=O. The van der Waals surface area contributed by atoms with E-state index < -0.39 is 29.7 Å². The third-order valence-electron chi connectivity index (χ3n) is 8.90. The van der Waals surface area contributed by atoms with Crippen LogP contribution in [-0.4, -0.2) is 60.6 Å². The number of hydrogen-bond acceptors (Lipinski definition) is 8. The molecule has 4 rings (SSSR count). The van der Waals surface area contributed by atoms with Gasteiger partial charge in [-0.15, -0.1) is 0 Å². The normalized spacial score (nSPS) is 43.9. The van der Waals surface area contributed by atoms with Crippen molar-refractivity contribution in [2.45, 2.75) is 110 Å². The lowest BCUT2D eigenvalue weighted by Gasteiger charge is -2.47. The van der Waals surface area contributed by atoms with Gasteiger partial charge in [0, 0.05) is 38.5 Å². The Balaban J connectivity index is 1.81. The molecule has 202 valence electrons. The summed E-state index contributed by atoms with van der Waals surface area (Å²) in [4.78, 5) is 36.9. The van der Waals surface area contributed by atoms with E-state index in [1.807, 2.05) is 13.8 Å². The predicted molar refractivity (Wildman–Crippen MR) is 131 cm³/mol. The van der Waals surface area contributed by atoms with Crippen molar-refractivity contribution in [2.75, 3.05) is 6.61 Å². The summed E-state index contributed by atoms with van der Waals surface area (Å²) in [6.45, 7) is 15.8. The molecule has 0 aromatic carbocycles. The highest BCUT2D eigenvalue weighted by molar-refractivity contribution is 5.69. The first-order chi connectivity index (χ1) is 17.0. The molecule has 3 heterocycles. The van der Waals surface area contributed by atoms with Crippen LogP contribution in [0.2, 0.25) is 0 Å². The fourth-order valence-corrected chi connectivity index (χ4v) is 7.26. The van der Waals surface area contributed by atoms with E-state index in [9.17, 15) is 14.4 Å². The van der Waals surface area contributed by atoms with Crippen LogP contribution in [0, 0.1) is 29.6 Å². The molecule has 4 fully saturated rings. The highest BCUT2D eigenvalue weighted by atomic mass is 16.6. The van der Waals surface area contributed by atoms with Crippen molar-refractivity contribution in [3.05, 3.63) is 12.2 Å². The minimum absolute atomic E-state index is 0.0566. The molecule has 3 saturated heterocycles. The lowest BCUT2D eigenvalue weighted by Crippen LogP contribution is -2.58. The lowest BCUT2D eigenvalue weighted by molar-refractivity contribution is -0.205. The maximum atomic E-state index is 12.7. The van der Waals surface area contributed by atoms with Crippen LogP contribution in [0.15, 0.2) is 12.2 Å². The Kier molecular flexibility index (Phi) is 7.87. The van der Waals surface area contributed by atoms with Gasteiger partial charge in [0.1, 0.15) is 23.9 Å². The van der Waals surface area contributed by atoms with Gasteiger partial charge in [-0.2, -0.15) is 0 Å². The highest BCUT2D eigenvalue weighted by Crippen LogP contribution is 2.58. The number of ether oxygens (including phenoxy) is 5. The fraction of sp³-hybridized carbons (Fsp3) is 0.821. The van der Waals surface area contributed by atoms with Gasteiger partial charge in [-0.05, 0) is 49.5 Å². The number of rotatable bonds is 5. The number of fused-ring (bicyclic) bond motifs is 2. The molecule has 8 heteroatoms. The van der Waals surface area contributed by atoms with Crippen LogP contribution in [-0.2, 0) is 38.1 Å². The molecule has 3 aliphatic heterocycles. The molecule has 0 spiro atoms. The van der Waals surface area contributed by atoms with Crippen LogP contribution in [0.4, 0.5) is 0 Å². The molecule has 36 heavy (non-hydrogen) atoms. The Morgan fingerprint density at radius 1 is 1.03 bits per heavy atom. The third kappa shape index (κ3) is 4.95. The smallest absolute Gasteiger partial charge is 0.306 e. The van der Waals surface area contributed by atoms with E-state index in [2.05, 4.69) is 20.4 Å². The summed E-state index contributed by atoms with van der Waals surface area (Å²) in [7, 11) is 0. The van der Waals surface area contributed by atoms with E-state index in [4.69, 9.17) is 23.7 Å². The summed E-state index contributed by atoms with van der Waals surface area (Å²) in [5.41, 5.74) is -0.259. The monoisotopic (exact) mass is 506 g/mol. The number of hydrogen-bond donors (Lipinski definition) is 0. The maximum absolute atomic E-state index is 12.7. The number of esters is 3. The second kappa shape index (κ2) is 10.4. The molecule has 0 aromatic rings. The van der Waals surface area contributed by atoms with Crippen molar-refractivity contribution >= 4 is 17.9 Å². The molecule has 8 nitrogen and oxygen atoms in total. The lowest BCUT2D eigenvalue weighted by atomic mass is 9.59. The van der Waals surface area contributed by atoms with E-state index in [1.165, 1.54) is 13.8 Å². The van der Waals surface area contributed by atoms with Crippen LogP contribution in [0.5, 0.6) is 0 Å². The zero-order valence-electron chi connectivity index (χ0n) is 22.5. The Morgan fingerprint density at radius 2 is 1.72 bits per heavy atom. The molecule has 4 aliphatic rings. The standard InChI is InChI=1S/C28H42O8/c1-8-9-23(31)36-26-15(3)10-19-16(4)13-32-28(7)22(34-18(6)30)12-20(33-17(5)29)14(2)11-21-25(26)24(19)27(28)35-21/h15-16,19-22,24-27H,2,8-13H2,1,3-7H3/t15-,16+,19+,20-,21+,22-,24+,25+,26-,27+,28+/m1/s1. The zero-order valence-corrected chi connectivity index (χ0v) is 22.5. The molecule has 0 radical (unpaired) electrons. The van der Waals surface area contributed by atoms with Crippen molar-refractivity contribution in [3.63, 3.8) is 0 Å². The zero-order chi connectivity index (χ0) is 26.4. The predicted octanol–water partition coefficient (Wildman–Crippen LogP) is 3.99. The van der Waals surface area contributed by atoms with E-state index in [0.717, 1.165) is 12.8 Å². The first-order valence-electron chi connectivity index (χ1n) is 13.5. The molecule has 0 unspecified atom stereocenters. The molecule has 1 aliphatic carbocycles. The minimum atomic E-state index is -0.964. The van der Waals surface area contributed by atoms with E-state index in [-0.39, 0.29) is 54.4 Å². The van der Waals surface area contributed by atoms with Crippen molar-refractivity contribution in [1.29, 1.82) is 0 Å². The van der Waals surface area contributed by atoms with Crippen LogP contribution in [0.25, 0.3) is 0 Å². The van der Waals surface area contributed by atoms with Crippen LogP contribution < -0.4 is 0 Å². The van der Waals surface area contributed by atoms with E-state index in [1.54, 1.807) is 0 Å². The van der Waals surface area contributed by atoms with Gasteiger partial charge in [-0.25, -0.2) is 0 Å². The van der Waals surface area contributed by atoms with Crippen molar-refractivity contribution in [3.8, 4) is 0 Å². The van der Waals surface area contributed by atoms with E-state index in [0.29, 0.717) is 30.9 Å². The molecule has 0 N–H and O–H groups in total. The molecule has 0 amide bonds. The molecule has 1 saturated carbocycles. The summed E-state index contributed by atoms with van der Waals surface area (Å²) >= 11 is 0. The van der Waals surface area contributed by atoms with Crippen LogP contribution >= 0.6 is 0 Å². The van der Waals surface area contributed by atoms with Crippen molar-refractivity contribution in [2.24, 2.45) is 29.6 Å². The second-order valence-corrected chi connectivity index (χ2v) is 11.6. The number of carbonyl (C=O) groups excluding carboxylic acids is 3. The van der Waals surface area contributed by atoms with Crippen LogP contribution in [0.1, 0.15) is 73.6 Å². The first-order valence-corrected chi connectivity index (χ1v) is 13.5. The van der Waals surface area contributed by atoms with Gasteiger partial charge in [0.25, 0.3) is 0 Å². The summed E-state index contributed by atoms with van der Waals surface area (Å²) in [6.07, 6.45) is 0.456. The van der Waals surface area contributed by atoms with E-state index >= 15 is 0 Å². The molecular formula is C28H42O8. The maximum Gasteiger partial charge on any atom is 0.306 e. The van der Waals surface area contributed by atoms with Gasteiger partial charge in [0.15, 0.2) is 0 Å². The van der Waals surface area contributed by atoms with Crippen molar-refractivity contribution < 1.29 is 38.1 Å². The summed E-state index contributed by atoms with van der Waals surface area (Å²) in [5, 5.41) is 0. The minimum Gasteiger partial charge on any atom is -0.462 e. The van der Waals surface area contributed by atoms with Gasteiger partial charge in [0.2, 0.25) is 0 Å². The fourth-order valence-electron chi connectivity index (χ4n) is 7.26. The second-order valence-electron chi connectivity index (χ2n) is 11.6. The Morgan fingerprint density at radius 3 is 2.36 bits per heavy atom. The van der Waals surface area contributed by atoms with Crippen LogP contribution in [0.3, 0.4) is 0 Å². The Hall–Kier alpha value is -1.93. The Labute approximate surface area is 214 Å². The largest absolute Gasteiger partial charge is 0.462 e. The quantitative estimate of drug-likeness (QED) is 0.314. The Bertz CT molecular complexity index is 885.